The highest BCUT2D eigenvalue weighted by molar-refractivity contribution is 5.94. The summed E-state index contributed by atoms with van der Waals surface area (Å²) in [5.41, 5.74) is 7.19. The van der Waals surface area contributed by atoms with Crippen molar-refractivity contribution in [3.8, 4) is 0 Å². The molecular weight excluding hydrogens is 212 g/mol. The third kappa shape index (κ3) is 3.07. The number of hydrogen-bond acceptors (Lipinski definition) is 2. The van der Waals surface area contributed by atoms with E-state index in [1.54, 1.807) is 0 Å². The van der Waals surface area contributed by atoms with Crippen LogP contribution in [-0.2, 0) is 6.42 Å². The first-order chi connectivity index (χ1) is 8.16. The normalized spacial score (nSPS) is 18.2. The molecule has 3 nitrogen and oxygen atoms in total. The number of primary amides is 1. The Morgan fingerprint density at radius 3 is 2.65 bits per heavy atom. The van der Waals surface area contributed by atoms with E-state index in [4.69, 9.17) is 5.73 Å². The maximum absolute atomic E-state index is 11.3. The molecule has 3 heteroatoms. The molecule has 1 saturated heterocycles. The van der Waals surface area contributed by atoms with Crippen molar-refractivity contribution < 1.29 is 4.79 Å². The third-order valence-electron chi connectivity index (χ3n) is 3.63. The number of benzene rings is 1. The molecule has 0 atom stereocenters. The molecule has 1 aliphatic heterocycles. The fourth-order valence-electron chi connectivity index (χ4n) is 2.52. The number of hydrogen-bond donors (Lipinski definition) is 1. The van der Waals surface area contributed by atoms with Crippen LogP contribution in [0.1, 0.15) is 28.8 Å². The predicted octanol–water partition coefficient (Wildman–Crippen LogP) is 1.67. The summed E-state index contributed by atoms with van der Waals surface area (Å²) >= 11 is 0. The van der Waals surface area contributed by atoms with E-state index in [9.17, 15) is 4.79 Å². The summed E-state index contributed by atoms with van der Waals surface area (Å²) in [4.78, 5) is 13.7. The lowest BCUT2D eigenvalue weighted by atomic mass is 9.88. The molecule has 1 aliphatic rings. The van der Waals surface area contributed by atoms with Crippen molar-refractivity contribution >= 4 is 5.91 Å². The SMILES string of the molecule is CN1CCC(Cc2ccccc2C(N)=O)CC1. The summed E-state index contributed by atoms with van der Waals surface area (Å²) in [6.45, 7) is 2.31. The lowest BCUT2D eigenvalue weighted by Crippen LogP contribution is -2.31. The number of nitrogens with two attached hydrogens (primary N) is 1. The molecule has 17 heavy (non-hydrogen) atoms. The van der Waals surface area contributed by atoms with Crippen LogP contribution >= 0.6 is 0 Å². The number of rotatable bonds is 3. The molecule has 1 aromatic rings. The Bertz CT molecular complexity index is 395. The summed E-state index contributed by atoms with van der Waals surface area (Å²) in [5.74, 6) is 0.375. The zero-order valence-electron chi connectivity index (χ0n) is 10.4. The Hall–Kier alpha value is -1.35. The summed E-state index contributed by atoms with van der Waals surface area (Å²) < 4.78 is 0. The number of carbonyl (C=O) groups excluding carboxylic acids is 1. The number of piperidine rings is 1. The predicted molar refractivity (Wildman–Crippen MR) is 68.9 cm³/mol. The van der Waals surface area contributed by atoms with Gasteiger partial charge in [-0.2, -0.15) is 0 Å². The molecule has 2 N–H and O–H groups in total. The molecule has 0 aromatic heterocycles. The Labute approximate surface area is 103 Å². The van der Waals surface area contributed by atoms with Crippen LogP contribution in [0.15, 0.2) is 24.3 Å². The Kier molecular flexibility index (Phi) is 3.79. The smallest absolute Gasteiger partial charge is 0.248 e. The fraction of sp³-hybridized carbons (Fsp3) is 0.500. The molecule has 1 aromatic carbocycles. The molecule has 92 valence electrons. The first kappa shape index (κ1) is 12.1. The van der Waals surface area contributed by atoms with Gasteiger partial charge in [0.25, 0.3) is 0 Å². The topological polar surface area (TPSA) is 46.3 Å². The molecule has 0 spiro atoms. The summed E-state index contributed by atoms with van der Waals surface area (Å²) in [5, 5.41) is 0. The standard InChI is InChI=1S/C14H20N2O/c1-16-8-6-11(7-9-16)10-12-4-2-3-5-13(12)14(15)17/h2-5,11H,6-10H2,1H3,(H2,15,17). The number of amides is 1. The van der Waals surface area contributed by atoms with E-state index in [0.29, 0.717) is 11.5 Å². The lowest BCUT2D eigenvalue weighted by Gasteiger charge is -2.29. The van der Waals surface area contributed by atoms with Crippen LogP contribution in [0.5, 0.6) is 0 Å². The highest BCUT2D eigenvalue weighted by Crippen LogP contribution is 2.22. The zero-order chi connectivity index (χ0) is 12.3. The quantitative estimate of drug-likeness (QED) is 0.861. The first-order valence-electron chi connectivity index (χ1n) is 6.23. The summed E-state index contributed by atoms with van der Waals surface area (Å²) in [7, 11) is 2.16. The Balaban J connectivity index is 2.05. The molecule has 1 heterocycles. The Morgan fingerprint density at radius 2 is 2.00 bits per heavy atom. The second kappa shape index (κ2) is 5.32. The second-order valence-corrected chi connectivity index (χ2v) is 4.97. The maximum atomic E-state index is 11.3. The van der Waals surface area contributed by atoms with Crippen molar-refractivity contribution in [3.63, 3.8) is 0 Å². The van der Waals surface area contributed by atoms with E-state index in [1.807, 2.05) is 24.3 Å². The van der Waals surface area contributed by atoms with Crippen molar-refractivity contribution in [1.29, 1.82) is 0 Å². The lowest BCUT2D eigenvalue weighted by molar-refractivity contribution is 0.0999. The van der Waals surface area contributed by atoms with Crippen LogP contribution in [0.3, 0.4) is 0 Å². The third-order valence-corrected chi connectivity index (χ3v) is 3.63. The maximum Gasteiger partial charge on any atom is 0.248 e. The van der Waals surface area contributed by atoms with Gasteiger partial charge < -0.3 is 10.6 Å². The fourth-order valence-corrected chi connectivity index (χ4v) is 2.52. The molecule has 0 aliphatic carbocycles. The van der Waals surface area contributed by atoms with Crippen molar-refractivity contribution in [2.75, 3.05) is 20.1 Å². The van der Waals surface area contributed by atoms with E-state index in [-0.39, 0.29) is 5.91 Å². The van der Waals surface area contributed by atoms with Gasteiger partial charge in [0.2, 0.25) is 5.91 Å². The van der Waals surface area contributed by atoms with Gasteiger partial charge in [0.1, 0.15) is 0 Å². The summed E-state index contributed by atoms with van der Waals surface area (Å²) in [6.07, 6.45) is 3.40. The molecule has 1 amide bonds. The molecule has 0 bridgehead atoms. The van der Waals surface area contributed by atoms with Gasteiger partial charge in [-0.1, -0.05) is 18.2 Å². The second-order valence-electron chi connectivity index (χ2n) is 4.97. The van der Waals surface area contributed by atoms with Crippen molar-refractivity contribution in [2.45, 2.75) is 19.3 Å². The van der Waals surface area contributed by atoms with Crippen LogP contribution in [0, 0.1) is 5.92 Å². The van der Waals surface area contributed by atoms with E-state index in [1.165, 1.54) is 12.8 Å². The minimum Gasteiger partial charge on any atom is -0.366 e. The van der Waals surface area contributed by atoms with Gasteiger partial charge >= 0.3 is 0 Å². The molecule has 1 fully saturated rings. The average molecular weight is 232 g/mol. The number of carbonyl (C=O) groups is 1. The number of nitrogens with zero attached hydrogens (tertiary/aromatic N) is 1. The van der Waals surface area contributed by atoms with Crippen molar-refractivity contribution in [1.82, 2.24) is 4.90 Å². The largest absolute Gasteiger partial charge is 0.366 e. The van der Waals surface area contributed by atoms with E-state index in [0.717, 1.165) is 25.1 Å². The van der Waals surface area contributed by atoms with Crippen LogP contribution in [0.25, 0.3) is 0 Å². The Morgan fingerprint density at radius 1 is 1.35 bits per heavy atom. The van der Waals surface area contributed by atoms with Crippen molar-refractivity contribution in [3.05, 3.63) is 35.4 Å². The van der Waals surface area contributed by atoms with Crippen LogP contribution in [0.4, 0.5) is 0 Å². The van der Waals surface area contributed by atoms with E-state index >= 15 is 0 Å². The average Bonchev–Trinajstić information content (AvgIpc) is 2.32. The monoisotopic (exact) mass is 232 g/mol. The van der Waals surface area contributed by atoms with Gasteiger partial charge in [-0.05, 0) is 56.9 Å². The molecular formula is C14H20N2O. The van der Waals surface area contributed by atoms with E-state index in [2.05, 4.69) is 11.9 Å². The molecule has 0 saturated carbocycles. The first-order valence-corrected chi connectivity index (χ1v) is 6.23. The highest BCUT2D eigenvalue weighted by atomic mass is 16.1. The minimum atomic E-state index is -0.312. The van der Waals surface area contributed by atoms with Crippen LogP contribution < -0.4 is 5.73 Å². The minimum absolute atomic E-state index is 0.312. The van der Waals surface area contributed by atoms with Crippen LogP contribution in [-0.4, -0.2) is 30.9 Å². The highest BCUT2D eigenvalue weighted by Gasteiger charge is 2.18. The van der Waals surface area contributed by atoms with Gasteiger partial charge in [-0.3, -0.25) is 4.79 Å². The van der Waals surface area contributed by atoms with E-state index < -0.39 is 0 Å². The van der Waals surface area contributed by atoms with Gasteiger partial charge in [-0.25, -0.2) is 0 Å². The molecule has 0 radical (unpaired) electrons. The molecule has 0 unspecified atom stereocenters. The van der Waals surface area contributed by atoms with Gasteiger partial charge in [0.15, 0.2) is 0 Å². The van der Waals surface area contributed by atoms with Gasteiger partial charge in [-0.15, -0.1) is 0 Å². The van der Waals surface area contributed by atoms with Crippen molar-refractivity contribution in [2.24, 2.45) is 11.7 Å². The molecule has 2 rings (SSSR count). The van der Waals surface area contributed by atoms with Gasteiger partial charge in [0, 0.05) is 5.56 Å². The number of likely N-dealkylation sites (tertiary alicyclic amines) is 1. The summed E-state index contributed by atoms with van der Waals surface area (Å²) in [6, 6.07) is 7.71. The zero-order valence-corrected chi connectivity index (χ0v) is 10.4. The van der Waals surface area contributed by atoms with Crippen LogP contribution in [0.2, 0.25) is 0 Å². The van der Waals surface area contributed by atoms with Gasteiger partial charge in [0.05, 0.1) is 0 Å².